The van der Waals surface area contributed by atoms with E-state index in [1.165, 1.54) is 12.1 Å². The van der Waals surface area contributed by atoms with Crippen LogP contribution in [0.1, 0.15) is 15.9 Å². The first kappa shape index (κ1) is 14.0. The topological polar surface area (TPSA) is 29.1 Å². The second-order valence-corrected chi connectivity index (χ2v) is 5.10. The molecule has 0 aliphatic carbocycles. The quantitative estimate of drug-likeness (QED) is 0.813. The Bertz CT molecular complexity index is 618. The van der Waals surface area contributed by atoms with E-state index in [4.69, 9.17) is 11.6 Å². The molecule has 2 aromatic carbocycles. The molecule has 0 aliphatic heterocycles. The summed E-state index contributed by atoms with van der Waals surface area (Å²) in [6, 6.07) is 11.4. The zero-order valence-electron chi connectivity index (χ0n) is 9.79. The summed E-state index contributed by atoms with van der Waals surface area (Å²) in [5.41, 5.74) is 1.43. The van der Waals surface area contributed by atoms with E-state index in [1.807, 2.05) is 6.07 Å². The second-order valence-electron chi connectivity index (χ2n) is 3.91. The van der Waals surface area contributed by atoms with Crippen molar-refractivity contribution in [1.82, 2.24) is 0 Å². The monoisotopic (exact) mass is 341 g/mol. The highest BCUT2D eigenvalue weighted by atomic mass is 79.9. The minimum Gasteiger partial charge on any atom is -0.319 e. The highest BCUT2D eigenvalue weighted by molar-refractivity contribution is 9.10. The molecule has 0 saturated carbocycles. The molecule has 5 heteroatoms. The number of anilines is 1. The number of nitrogens with one attached hydrogen (secondary N) is 1. The number of benzene rings is 2. The van der Waals surface area contributed by atoms with Crippen molar-refractivity contribution in [2.45, 2.75) is 5.88 Å². The first-order valence-corrected chi connectivity index (χ1v) is 6.84. The van der Waals surface area contributed by atoms with E-state index in [0.29, 0.717) is 15.9 Å². The molecule has 0 spiro atoms. The molecule has 0 fully saturated rings. The van der Waals surface area contributed by atoms with Crippen LogP contribution >= 0.6 is 27.5 Å². The zero-order valence-corrected chi connectivity index (χ0v) is 12.1. The first-order chi connectivity index (χ1) is 9.10. The Balaban J connectivity index is 2.20. The third kappa shape index (κ3) is 3.55. The Morgan fingerprint density at radius 1 is 1.26 bits per heavy atom. The molecule has 0 saturated heterocycles. The Labute approximate surface area is 123 Å². The van der Waals surface area contributed by atoms with Crippen LogP contribution in [-0.4, -0.2) is 5.91 Å². The van der Waals surface area contributed by atoms with Gasteiger partial charge in [-0.15, -0.1) is 11.6 Å². The number of alkyl halides is 1. The molecule has 2 nitrogen and oxygen atoms in total. The minimum absolute atomic E-state index is 0.143. The van der Waals surface area contributed by atoms with E-state index in [2.05, 4.69) is 21.2 Å². The number of amides is 1. The predicted octanol–water partition coefficient (Wildman–Crippen LogP) is 4.58. The van der Waals surface area contributed by atoms with Gasteiger partial charge in [0.25, 0.3) is 5.91 Å². The third-order valence-corrected chi connectivity index (χ3v) is 3.32. The van der Waals surface area contributed by atoms with Gasteiger partial charge in [-0.05, 0) is 35.9 Å². The average molecular weight is 343 g/mol. The van der Waals surface area contributed by atoms with Crippen molar-refractivity contribution in [1.29, 1.82) is 0 Å². The number of carbonyl (C=O) groups is 1. The maximum Gasteiger partial charge on any atom is 0.255 e. The van der Waals surface area contributed by atoms with Gasteiger partial charge in [0.1, 0.15) is 5.82 Å². The van der Waals surface area contributed by atoms with Gasteiger partial charge in [-0.25, -0.2) is 4.39 Å². The molecule has 0 bridgehead atoms. The first-order valence-electron chi connectivity index (χ1n) is 5.51. The molecule has 1 N–H and O–H groups in total. The van der Waals surface area contributed by atoms with Crippen molar-refractivity contribution < 1.29 is 9.18 Å². The fourth-order valence-corrected chi connectivity index (χ4v) is 2.08. The Kier molecular flexibility index (Phi) is 4.56. The summed E-state index contributed by atoms with van der Waals surface area (Å²) in [6.45, 7) is 0. The average Bonchev–Trinajstić information content (AvgIpc) is 2.42. The van der Waals surface area contributed by atoms with Crippen LogP contribution in [-0.2, 0) is 5.88 Å². The summed E-state index contributed by atoms with van der Waals surface area (Å²) in [5, 5.41) is 2.53. The second kappa shape index (κ2) is 6.17. The van der Waals surface area contributed by atoms with Gasteiger partial charge < -0.3 is 5.32 Å². The van der Waals surface area contributed by atoms with Crippen LogP contribution in [0.25, 0.3) is 0 Å². The molecule has 0 aliphatic rings. The molecule has 19 heavy (non-hydrogen) atoms. The molecule has 0 radical (unpaired) electrons. The minimum atomic E-state index is -0.490. The van der Waals surface area contributed by atoms with Crippen molar-refractivity contribution in [2.24, 2.45) is 0 Å². The van der Waals surface area contributed by atoms with E-state index in [1.54, 1.807) is 24.3 Å². The van der Waals surface area contributed by atoms with Crippen molar-refractivity contribution in [2.75, 3.05) is 5.32 Å². The molecule has 0 aromatic heterocycles. The predicted molar refractivity (Wildman–Crippen MR) is 78.1 cm³/mol. The Morgan fingerprint density at radius 2 is 2.05 bits per heavy atom. The van der Waals surface area contributed by atoms with Gasteiger partial charge in [-0.3, -0.25) is 4.79 Å². The van der Waals surface area contributed by atoms with Crippen molar-refractivity contribution in [3.05, 3.63) is 63.9 Å². The van der Waals surface area contributed by atoms with Crippen LogP contribution < -0.4 is 5.32 Å². The van der Waals surface area contributed by atoms with Crippen LogP contribution in [0.3, 0.4) is 0 Å². The van der Waals surface area contributed by atoms with Gasteiger partial charge in [0.05, 0.1) is 5.69 Å². The lowest BCUT2D eigenvalue weighted by molar-refractivity contribution is 0.102. The standard InChI is InChI=1S/C14H10BrClFNO/c15-11-4-5-13(12(17)7-11)18-14(19)10-3-1-2-9(6-10)8-16/h1-7H,8H2,(H,18,19). The molecule has 98 valence electrons. The van der Waals surface area contributed by atoms with E-state index in [9.17, 15) is 9.18 Å². The van der Waals surface area contributed by atoms with Crippen LogP contribution in [0.15, 0.2) is 46.9 Å². The maximum atomic E-state index is 13.6. The SMILES string of the molecule is O=C(Nc1ccc(Br)cc1F)c1cccc(CCl)c1. The summed E-state index contributed by atoms with van der Waals surface area (Å²) >= 11 is 8.87. The molecule has 0 atom stereocenters. The van der Waals surface area contributed by atoms with Gasteiger partial charge in [0.2, 0.25) is 0 Å². The van der Waals surface area contributed by atoms with E-state index >= 15 is 0 Å². The summed E-state index contributed by atoms with van der Waals surface area (Å²) in [4.78, 5) is 12.0. The van der Waals surface area contributed by atoms with E-state index in [-0.39, 0.29) is 11.6 Å². The Morgan fingerprint density at radius 3 is 2.74 bits per heavy atom. The van der Waals surface area contributed by atoms with E-state index < -0.39 is 5.82 Å². The van der Waals surface area contributed by atoms with Crippen LogP contribution in [0.2, 0.25) is 0 Å². The molecule has 2 aromatic rings. The highest BCUT2D eigenvalue weighted by Gasteiger charge is 2.10. The molecular weight excluding hydrogens is 333 g/mol. The van der Waals surface area contributed by atoms with Crippen LogP contribution in [0.5, 0.6) is 0 Å². The fourth-order valence-electron chi connectivity index (χ4n) is 1.58. The molecule has 0 unspecified atom stereocenters. The smallest absolute Gasteiger partial charge is 0.255 e. The van der Waals surface area contributed by atoms with Crippen LogP contribution in [0.4, 0.5) is 10.1 Å². The summed E-state index contributed by atoms with van der Waals surface area (Å²) in [5.74, 6) is -0.530. The summed E-state index contributed by atoms with van der Waals surface area (Å²) in [7, 11) is 0. The van der Waals surface area contributed by atoms with E-state index in [0.717, 1.165) is 5.56 Å². The Hall–Kier alpha value is -1.39. The number of hydrogen-bond donors (Lipinski definition) is 1. The highest BCUT2D eigenvalue weighted by Crippen LogP contribution is 2.20. The number of carbonyl (C=O) groups excluding carboxylic acids is 1. The van der Waals surface area contributed by atoms with Crippen LogP contribution in [0, 0.1) is 5.82 Å². The third-order valence-electron chi connectivity index (χ3n) is 2.52. The molecule has 1 amide bonds. The fraction of sp³-hybridized carbons (Fsp3) is 0.0714. The molecule has 2 rings (SSSR count). The lowest BCUT2D eigenvalue weighted by Crippen LogP contribution is -2.13. The number of rotatable bonds is 3. The molecular formula is C14H10BrClFNO. The van der Waals surface area contributed by atoms with Crippen molar-refractivity contribution >= 4 is 39.1 Å². The van der Waals surface area contributed by atoms with Gasteiger partial charge in [-0.1, -0.05) is 28.1 Å². The van der Waals surface area contributed by atoms with Crippen molar-refractivity contribution in [3.63, 3.8) is 0 Å². The zero-order chi connectivity index (χ0) is 13.8. The molecule has 0 heterocycles. The van der Waals surface area contributed by atoms with Gasteiger partial charge in [0.15, 0.2) is 0 Å². The maximum absolute atomic E-state index is 13.6. The summed E-state index contributed by atoms with van der Waals surface area (Å²) in [6.07, 6.45) is 0. The largest absolute Gasteiger partial charge is 0.319 e. The van der Waals surface area contributed by atoms with Gasteiger partial charge in [0, 0.05) is 15.9 Å². The van der Waals surface area contributed by atoms with Crippen molar-refractivity contribution in [3.8, 4) is 0 Å². The normalized spacial score (nSPS) is 10.3. The number of hydrogen-bond acceptors (Lipinski definition) is 1. The lowest BCUT2D eigenvalue weighted by atomic mass is 10.1. The summed E-state index contributed by atoms with van der Waals surface area (Å²) < 4.78 is 14.2. The lowest BCUT2D eigenvalue weighted by Gasteiger charge is -2.07. The number of halogens is 3. The van der Waals surface area contributed by atoms with Gasteiger partial charge in [-0.2, -0.15) is 0 Å². The van der Waals surface area contributed by atoms with Gasteiger partial charge >= 0.3 is 0 Å².